The van der Waals surface area contributed by atoms with Gasteiger partial charge in [0.15, 0.2) is 0 Å². The largest absolute Gasteiger partial charge is 0.387 e. The standard InChI is InChI=1S/C19H26ClN3O7S2/c1-31(25,26)29-11-18(12-30-32(2,27)28)8-7-16(9-15-3-5-17(20)6-4-15)19(18,24)10-23-14-21-13-22-23/h3-6,13-14,16,24H,7-12H2,1-2H3/t16-,19-/m1/s1. The Kier molecular flexibility index (Phi) is 7.32. The average Bonchev–Trinajstić information content (AvgIpc) is 3.27. The number of hydrogen-bond acceptors (Lipinski definition) is 9. The fourth-order valence-corrected chi connectivity index (χ4v) is 5.25. The van der Waals surface area contributed by atoms with Crippen LogP contribution in [0, 0.1) is 11.3 Å². The van der Waals surface area contributed by atoms with Crippen molar-refractivity contribution in [2.24, 2.45) is 11.3 Å². The van der Waals surface area contributed by atoms with Crippen molar-refractivity contribution in [3.63, 3.8) is 0 Å². The summed E-state index contributed by atoms with van der Waals surface area (Å²) in [6.45, 7) is -0.932. The van der Waals surface area contributed by atoms with Crippen LogP contribution < -0.4 is 0 Å². The smallest absolute Gasteiger partial charge is 0.264 e. The quantitative estimate of drug-likeness (QED) is 0.471. The van der Waals surface area contributed by atoms with Crippen LogP contribution in [0.4, 0.5) is 0 Å². The normalized spacial score (nSPS) is 23.4. The van der Waals surface area contributed by atoms with Crippen LogP contribution in [0.1, 0.15) is 18.4 Å². The summed E-state index contributed by atoms with van der Waals surface area (Å²) in [4.78, 5) is 3.90. The molecular formula is C19H26ClN3O7S2. The molecule has 1 aliphatic rings. The Morgan fingerprint density at radius 1 is 1.12 bits per heavy atom. The van der Waals surface area contributed by atoms with Gasteiger partial charge in [-0.05, 0) is 42.9 Å². The molecule has 0 amide bonds. The number of hydrogen-bond donors (Lipinski definition) is 1. The van der Waals surface area contributed by atoms with Crippen molar-refractivity contribution in [1.82, 2.24) is 14.8 Å². The minimum absolute atomic E-state index is 0.0501. The molecule has 1 aromatic carbocycles. The number of rotatable bonds is 10. The van der Waals surface area contributed by atoms with Gasteiger partial charge in [-0.2, -0.15) is 21.9 Å². The highest BCUT2D eigenvalue weighted by atomic mass is 35.5. The number of aliphatic hydroxyl groups is 1. The van der Waals surface area contributed by atoms with Crippen molar-refractivity contribution >= 4 is 31.8 Å². The van der Waals surface area contributed by atoms with Gasteiger partial charge in [0, 0.05) is 5.02 Å². The summed E-state index contributed by atoms with van der Waals surface area (Å²) in [7, 11) is -7.72. The van der Waals surface area contributed by atoms with E-state index < -0.39 is 44.5 Å². The summed E-state index contributed by atoms with van der Waals surface area (Å²) in [6, 6.07) is 7.18. The van der Waals surface area contributed by atoms with E-state index in [2.05, 4.69) is 10.1 Å². The van der Waals surface area contributed by atoms with E-state index in [9.17, 15) is 21.9 Å². The van der Waals surface area contributed by atoms with Gasteiger partial charge in [-0.1, -0.05) is 23.7 Å². The predicted molar refractivity (Wildman–Crippen MR) is 117 cm³/mol. The average molecular weight is 508 g/mol. The van der Waals surface area contributed by atoms with E-state index in [-0.39, 0.29) is 18.9 Å². The van der Waals surface area contributed by atoms with Crippen LogP contribution in [0.5, 0.6) is 0 Å². The monoisotopic (exact) mass is 507 g/mol. The van der Waals surface area contributed by atoms with Gasteiger partial charge in [0.2, 0.25) is 0 Å². The van der Waals surface area contributed by atoms with Crippen molar-refractivity contribution in [3.05, 3.63) is 47.5 Å². The van der Waals surface area contributed by atoms with E-state index in [0.717, 1.165) is 18.1 Å². The van der Waals surface area contributed by atoms with Gasteiger partial charge in [-0.3, -0.25) is 13.0 Å². The van der Waals surface area contributed by atoms with Crippen LogP contribution >= 0.6 is 11.6 Å². The summed E-state index contributed by atoms with van der Waals surface area (Å²) in [6.07, 6.45) is 5.74. The Bertz CT molecular complexity index is 1090. The van der Waals surface area contributed by atoms with Crippen LogP contribution in [0.15, 0.2) is 36.9 Å². The number of halogens is 1. The minimum atomic E-state index is -3.86. The Labute approximate surface area is 192 Å². The van der Waals surface area contributed by atoms with E-state index in [0.29, 0.717) is 17.9 Å². The van der Waals surface area contributed by atoms with Gasteiger partial charge in [-0.15, -0.1) is 0 Å². The molecule has 0 bridgehead atoms. The lowest BCUT2D eigenvalue weighted by atomic mass is 9.71. The van der Waals surface area contributed by atoms with Gasteiger partial charge in [0.05, 0.1) is 43.3 Å². The Hall–Kier alpha value is -1.57. The molecule has 0 aliphatic heterocycles. The first kappa shape index (κ1) is 25.1. The number of aromatic nitrogens is 3. The zero-order valence-corrected chi connectivity index (χ0v) is 20.1. The second-order valence-corrected chi connectivity index (χ2v) is 12.0. The fraction of sp³-hybridized carbons (Fsp3) is 0.579. The fourth-order valence-electron chi connectivity index (χ4n) is 4.25. The first-order valence-electron chi connectivity index (χ1n) is 9.80. The van der Waals surface area contributed by atoms with Crippen LogP contribution in [0.3, 0.4) is 0 Å². The van der Waals surface area contributed by atoms with Crippen LogP contribution in [-0.2, 0) is 41.6 Å². The maximum Gasteiger partial charge on any atom is 0.264 e. The van der Waals surface area contributed by atoms with Crippen molar-refractivity contribution in [2.45, 2.75) is 31.4 Å². The van der Waals surface area contributed by atoms with Gasteiger partial charge >= 0.3 is 0 Å². The molecule has 1 N–H and O–H groups in total. The SMILES string of the molecule is CS(=O)(=O)OCC1(COS(C)(=O)=O)CC[C@H](Cc2ccc(Cl)cc2)[C@]1(O)Cn1cncn1. The van der Waals surface area contributed by atoms with Gasteiger partial charge in [0.1, 0.15) is 12.7 Å². The molecule has 1 fully saturated rings. The van der Waals surface area contributed by atoms with Crippen molar-refractivity contribution in [2.75, 3.05) is 25.7 Å². The number of nitrogens with zero attached hydrogens (tertiary/aromatic N) is 3. The molecule has 0 saturated heterocycles. The topological polar surface area (TPSA) is 138 Å². The summed E-state index contributed by atoms with van der Waals surface area (Å²) in [5.41, 5.74) is -2.03. The van der Waals surface area contributed by atoms with Gasteiger partial charge in [-0.25, -0.2) is 4.98 Å². The zero-order valence-electron chi connectivity index (χ0n) is 17.7. The van der Waals surface area contributed by atoms with Crippen LogP contribution in [0.2, 0.25) is 5.02 Å². The molecule has 2 aromatic rings. The molecule has 0 unspecified atom stereocenters. The van der Waals surface area contributed by atoms with Crippen molar-refractivity contribution in [3.8, 4) is 0 Å². The molecule has 2 atom stereocenters. The summed E-state index contributed by atoms with van der Waals surface area (Å²) in [5, 5.41) is 16.7. The molecule has 178 valence electrons. The highest BCUT2D eigenvalue weighted by Gasteiger charge is 2.60. The van der Waals surface area contributed by atoms with E-state index in [4.69, 9.17) is 20.0 Å². The molecule has 32 heavy (non-hydrogen) atoms. The third kappa shape index (κ3) is 6.06. The lowest BCUT2D eigenvalue weighted by molar-refractivity contribution is -0.134. The highest BCUT2D eigenvalue weighted by Crippen LogP contribution is 2.53. The first-order chi connectivity index (χ1) is 14.8. The van der Waals surface area contributed by atoms with E-state index in [1.54, 1.807) is 12.1 Å². The third-order valence-electron chi connectivity index (χ3n) is 5.93. The van der Waals surface area contributed by atoms with Gasteiger partial charge < -0.3 is 5.11 Å². The predicted octanol–water partition coefficient (Wildman–Crippen LogP) is 1.25. The van der Waals surface area contributed by atoms with E-state index in [1.165, 1.54) is 17.3 Å². The molecule has 1 heterocycles. The lowest BCUT2D eigenvalue weighted by Gasteiger charge is -2.44. The molecule has 1 aliphatic carbocycles. The molecule has 13 heteroatoms. The third-order valence-corrected chi connectivity index (χ3v) is 7.27. The molecule has 10 nitrogen and oxygen atoms in total. The molecule has 1 aromatic heterocycles. The molecular weight excluding hydrogens is 482 g/mol. The molecule has 1 saturated carbocycles. The summed E-state index contributed by atoms with van der Waals surface area (Å²) < 4.78 is 58.6. The number of benzene rings is 1. The van der Waals surface area contributed by atoms with Crippen molar-refractivity contribution < 1.29 is 30.3 Å². The van der Waals surface area contributed by atoms with E-state index >= 15 is 0 Å². The summed E-state index contributed by atoms with van der Waals surface area (Å²) >= 11 is 5.98. The Morgan fingerprint density at radius 2 is 1.72 bits per heavy atom. The summed E-state index contributed by atoms with van der Waals surface area (Å²) in [5.74, 6) is -0.376. The Balaban J connectivity index is 2.01. The molecule has 3 rings (SSSR count). The second kappa shape index (κ2) is 9.35. The minimum Gasteiger partial charge on any atom is -0.387 e. The lowest BCUT2D eigenvalue weighted by Crippen LogP contribution is -2.56. The first-order valence-corrected chi connectivity index (χ1v) is 13.8. The Morgan fingerprint density at radius 3 is 2.22 bits per heavy atom. The maximum absolute atomic E-state index is 12.1. The van der Waals surface area contributed by atoms with Crippen LogP contribution in [0.25, 0.3) is 0 Å². The highest BCUT2D eigenvalue weighted by molar-refractivity contribution is 7.86. The second-order valence-electron chi connectivity index (χ2n) is 8.30. The van der Waals surface area contributed by atoms with Gasteiger partial charge in [0.25, 0.3) is 20.2 Å². The van der Waals surface area contributed by atoms with Crippen LogP contribution in [-0.4, -0.2) is 68.0 Å². The molecule has 0 spiro atoms. The maximum atomic E-state index is 12.1. The molecule has 0 radical (unpaired) electrons. The van der Waals surface area contributed by atoms with E-state index in [1.807, 2.05) is 12.1 Å². The van der Waals surface area contributed by atoms with Crippen molar-refractivity contribution in [1.29, 1.82) is 0 Å². The zero-order chi connectivity index (χ0) is 23.6.